The van der Waals surface area contributed by atoms with Gasteiger partial charge in [-0.1, -0.05) is 20.3 Å². The average Bonchev–Trinajstić information content (AvgIpc) is 2.00. The number of amides is 2. The third-order valence-corrected chi connectivity index (χ3v) is 1.70. The molecule has 0 bridgehead atoms. The maximum absolute atomic E-state index is 10.3. The van der Waals surface area contributed by atoms with E-state index in [2.05, 4.69) is 24.4 Å². The lowest BCUT2D eigenvalue weighted by molar-refractivity contribution is 0.249. The standard InChI is InChI=1S/C8H17N3O/c1-4-6(2)5-7(3)10-11-8(9)12/h6H,4-5H2,1-3H3,(H3,9,11,12)/b10-7+. The van der Waals surface area contributed by atoms with Crippen molar-refractivity contribution in [3.63, 3.8) is 0 Å². The van der Waals surface area contributed by atoms with E-state index in [-0.39, 0.29) is 0 Å². The van der Waals surface area contributed by atoms with Gasteiger partial charge in [0.2, 0.25) is 0 Å². The number of hydrogen-bond donors (Lipinski definition) is 2. The van der Waals surface area contributed by atoms with Crippen LogP contribution in [0.5, 0.6) is 0 Å². The molecule has 2 amide bonds. The Bertz CT molecular complexity index is 177. The van der Waals surface area contributed by atoms with Crippen molar-refractivity contribution in [3.8, 4) is 0 Å². The molecule has 12 heavy (non-hydrogen) atoms. The second-order valence-corrected chi connectivity index (χ2v) is 3.04. The minimum atomic E-state index is -0.612. The van der Waals surface area contributed by atoms with Gasteiger partial charge in [0, 0.05) is 5.71 Å². The number of hydrazone groups is 1. The van der Waals surface area contributed by atoms with Crippen molar-refractivity contribution in [2.24, 2.45) is 16.8 Å². The smallest absolute Gasteiger partial charge is 0.332 e. The van der Waals surface area contributed by atoms with E-state index >= 15 is 0 Å². The summed E-state index contributed by atoms with van der Waals surface area (Å²) in [5.74, 6) is 0.600. The van der Waals surface area contributed by atoms with Crippen LogP contribution in [0.15, 0.2) is 5.10 Å². The maximum atomic E-state index is 10.3. The predicted molar refractivity (Wildman–Crippen MR) is 49.9 cm³/mol. The molecule has 0 radical (unpaired) electrons. The van der Waals surface area contributed by atoms with E-state index in [1.54, 1.807) is 0 Å². The van der Waals surface area contributed by atoms with E-state index in [1.165, 1.54) is 0 Å². The van der Waals surface area contributed by atoms with E-state index in [0.717, 1.165) is 18.6 Å². The second-order valence-electron chi connectivity index (χ2n) is 3.04. The second kappa shape index (κ2) is 5.57. The first-order valence-electron chi connectivity index (χ1n) is 4.14. The summed E-state index contributed by atoms with van der Waals surface area (Å²) in [6.45, 7) is 6.14. The molecule has 0 aromatic carbocycles. The number of rotatable bonds is 4. The molecule has 4 nitrogen and oxygen atoms in total. The Labute approximate surface area is 73.2 Å². The zero-order valence-electron chi connectivity index (χ0n) is 7.92. The van der Waals surface area contributed by atoms with Crippen LogP contribution in [0.2, 0.25) is 0 Å². The summed E-state index contributed by atoms with van der Waals surface area (Å²) in [6, 6.07) is -0.612. The molecule has 70 valence electrons. The Morgan fingerprint density at radius 3 is 2.67 bits per heavy atom. The number of hydrogen-bond acceptors (Lipinski definition) is 2. The van der Waals surface area contributed by atoms with Crippen molar-refractivity contribution in [2.75, 3.05) is 0 Å². The first kappa shape index (κ1) is 10.9. The van der Waals surface area contributed by atoms with Gasteiger partial charge in [0.05, 0.1) is 0 Å². The molecule has 0 aliphatic rings. The lowest BCUT2D eigenvalue weighted by Crippen LogP contribution is -2.25. The molecule has 1 unspecified atom stereocenters. The van der Waals surface area contributed by atoms with Crippen molar-refractivity contribution in [1.82, 2.24) is 5.43 Å². The summed E-state index contributed by atoms with van der Waals surface area (Å²) in [4.78, 5) is 10.3. The summed E-state index contributed by atoms with van der Waals surface area (Å²) in [5, 5.41) is 3.80. The molecule has 0 rings (SSSR count). The van der Waals surface area contributed by atoms with Gasteiger partial charge in [-0.25, -0.2) is 10.2 Å². The number of carbonyl (C=O) groups excluding carboxylic acids is 1. The summed E-state index contributed by atoms with van der Waals surface area (Å²) >= 11 is 0. The third kappa shape index (κ3) is 5.70. The zero-order chi connectivity index (χ0) is 9.56. The topological polar surface area (TPSA) is 67.5 Å². The van der Waals surface area contributed by atoms with Gasteiger partial charge in [0.25, 0.3) is 0 Å². The minimum absolute atomic E-state index is 0.600. The Morgan fingerprint density at radius 1 is 1.67 bits per heavy atom. The summed E-state index contributed by atoms with van der Waals surface area (Å²) < 4.78 is 0. The van der Waals surface area contributed by atoms with Crippen LogP contribution in [0.3, 0.4) is 0 Å². The van der Waals surface area contributed by atoms with Crippen molar-refractivity contribution in [2.45, 2.75) is 33.6 Å². The molecule has 0 aliphatic heterocycles. The van der Waals surface area contributed by atoms with Gasteiger partial charge >= 0.3 is 6.03 Å². The highest BCUT2D eigenvalue weighted by atomic mass is 16.2. The lowest BCUT2D eigenvalue weighted by Gasteiger charge is -2.06. The van der Waals surface area contributed by atoms with E-state index in [4.69, 9.17) is 5.73 Å². The maximum Gasteiger partial charge on any atom is 0.332 e. The van der Waals surface area contributed by atoms with Gasteiger partial charge in [0.1, 0.15) is 0 Å². The normalized spacial score (nSPS) is 14.1. The van der Waals surface area contributed by atoms with Crippen molar-refractivity contribution >= 4 is 11.7 Å². The molecule has 0 heterocycles. The minimum Gasteiger partial charge on any atom is -0.350 e. The van der Waals surface area contributed by atoms with E-state index < -0.39 is 6.03 Å². The molecular weight excluding hydrogens is 154 g/mol. The van der Waals surface area contributed by atoms with E-state index in [0.29, 0.717) is 5.92 Å². The van der Waals surface area contributed by atoms with Crippen LogP contribution in [0.25, 0.3) is 0 Å². The van der Waals surface area contributed by atoms with Crippen LogP contribution < -0.4 is 11.2 Å². The lowest BCUT2D eigenvalue weighted by atomic mass is 10.0. The number of nitrogens with one attached hydrogen (secondary N) is 1. The zero-order valence-corrected chi connectivity index (χ0v) is 7.92. The van der Waals surface area contributed by atoms with Crippen LogP contribution in [0.1, 0.15) is 33.6 Å². The first-order chi connectivity index (χ1) is 5.56. The molecule has 0 aromatic rings. The van der Waals surface area contributed by atoms with Crippen molar-refractivity contribution in [3.05, 3.63) is 0 Å². The molecule has 3 N–H and O–H groups in total. The number of primary amides is 1. The van der Waals surface area contributed by atoms with Gasteiger partial charge < -0.3 is 5.73 Å². The Morgan fingerprint density at radius 2 is 2.25 bits per heavy atom. The van der Waals surface area contributed by atoms with Crippen molar-refractivity contribution in [1.29, 1.82) is 0 Å². The van der Waals surface area contributed by atoms with Gasteiger partial charge in [-0.05, 0) is 19.3 Å². The Hall–Kier alpha value is -1.06. The number of nitrogens with two attached hydrogens (primary N) is 1. The molecule has 0 saturated carbocycles. The van der Waals surface area contributed by atoms with Crippen molar-refractivity contribution < 1.29 is 4.79 Å². The molecule has 1 atom stereocenters. The van der Waals surface area contributed by atoms with Crippen LogP contribution in [-0.4, -0.2) is 11.7 Å². The summed E-state index contributed by atoms with van der Waals surface area (Å²) in [7, 11) is 0. The molecule has 0 aliphatic carbocycles. The Kier molecular flexibility index (Phi) is 5.08. The highest BCUT2D eigenvalue weighted by molar-refractivity contribution is 5.83. The quantitative estimate of drug-likeness (QED) is 0.488. The number of urea groups is 1. The van der Waals surface area contributed by atoms with Gasteiger partial charge in [0.15, 0.2) is 0 Å². The van der Waals surface area contributed by atoms with Crippen LogP contribution in [0.4, 0.5) is 4.79 Å². The fraction of sp³-hybridized carbons (Fsp3) is 0.750. The first-order valence-corrected chi connectivity index (χ1v) is 4.14. The number of carbonyl (C=O) groups is 1. The molecule has 0 aromatic heterocycles. The predicted octanol–water partition coefficient (Wildman–Crippen LogP) is 1.47. The molecule has 0 spiro atoms. The SMILES string of the molecule is CCC(C)C/C(C)=N/NC(N)=O. The van der Waals surface area contributed by atoms with Crippen LogP contribution >= 0.6 is 0 Å². The highest BCUT2D eigenvalue weighted by Gasteiger charge is 2.00. The Balaban J connectivity index is 3.77. The fourth-order valence-corrected chi connectivity index (χ4v) is 0.845. The van der Waals surface area contributed by atoms with E-state index in [9.17, 15) is 4.79 Å². The third-order valence-electron chi connectivity index (χ3n) is 1.70. The summed E-state index contributed by atoms with van der Waals surface area (Å²) in [6.07, 6.45) is 2.01. The van der Waals surface area contributed by atoms with E-state index in [1.807, 2.05) is 6.92 Å². The fourth-order valence-electron chi connectivity index (χ4n) is 0.845. The van der Waals surface area contributed by atoms with Gasteiger partial charge in [-0.2, -0.15) is 5.10 Å². The molecular formula is C8H17N3O. The largest absolute Gasteiger partial charge is 0.350 e. The van der Waals surface area contributed by atoms with Crippen LogP contribution in [0, 0.1) is 5.92 Å². The van der Waals surface area contributed by atoms with Gasteiger partial charge in [-0.15, -0.1) is 0 Å². The van der Waals surface area contributed by atoms with Crippen LogP contribution in [-0.2, 0) is 0 Å². The molecule has 0 fully saturated rings. The molecule has 4 heteroatoms. The average molecular weight is 171 g/mol. The summed E-state index contributed by atoms with van der Waals surface area (Å²) in [5.41, 5.74) is 7.95. The number of nitrogens with zero attached hydrogens (tertiary/aromatic N) is 1. The highest BCUT2D eigenvalue weighted by Crippen LogP contribution is 2.06. The molecule has 0 saturated heterocycles. The monoisotopic (exact) mass is 171 g/mol. The van der Waals surface area contributed by atoms with Gasteiger partial charge in [-0.3, -0.25) is 0 Å².